The maximum atomic E-state index is 11.6. The second kappa shape index (κ2) is 8.53. The van der Waals surface area contributed by atoms with E-state index >= 15 is 0 Å². The van der Waals surface area contributed by atoms with Crippen molar-refractivity contribution in [1.29, 1.82) is 0 Å². The Balaban J connectivity index is 3.77. The minimum Gasteiger partial charge on any atom is -0.353 e. The Labute approximate surface area is 99.6 Å². The second-order valence-corrected chi connectivity index (χ2v) is 4.79. The number of likely N-dealkylation sites (N-methyl/N-ethyl adjacent to an activating group) is 1. The summed E-state index contributed by atoms with van der Waals surface area (Å²) in [5.74, 6) is 0.540. The van der Waals surface area contributed by atoms with Gasteiger partial charge < -0.3 is 11.1 Å². The van der Waals surface area contributed by atoms with E-state index in [0.29, 0.717) is 19.0 Å². The monoisotopic (exact) mass is 229 g/mol. The van der Waals surface area contributed by atoms with Gasteiger partial charge in [0.1, 0.15) is 0 Å². The topological polar surface area (TPSA) is 58.4 Å². The highest BCUT2D eigenvalue weighted by Crippen LogP contribution is 1.97. The number of rotatable bonds is 8. The number of hydrogen-bond donors (Lipinski definition) is 2. The molecule has 0 saturated carbocycles. The summed E-state index contributed by atoms with van der Waals surface area (Å²) in [7, 11) is 1.95. The zero-order valence-electron chi connectivity index (χ0n) is 11.1. The van der Waals surface area contributed by atoms with Crippen LogP contribution in [0.1, 0.15) is 33.6 Å². The molecule has 0 fully saturated rings. The summed E-state index contributed by atoms with van der Waals surface area (Å²) < 4.78 is 0. The Hall–Kier alpha value is -0.610. The summed E-state index contributed by atoms with van der Waals surface area (Å²) in [5, 5.41) is 2.99. The van der Waals surface area contributed by atoms with Gasteiger partial charge >= 0.3 is 0 Å². The van der Waals surface area contributed by atoms with E-state index in [1.807, 2.05) is 18.9 Å². The highest BCUT2D eigenvalue weighted by atomic mass is 16.2. The van der Waals surface area contributed by atoms with Crippen molar-refractivity contribution in [2.45, 2.75) is 39.7 Å². The van der Waals surface area contributed by atoms with Gasteiger partial charge in [-0.3, -0.25) is 9.69 Å². The first-order valence-electron chi connectivity index (χ1n) is 6.17. The first-order valence-corrected chi connectivity index (χ1v) is 6.17. The van der Waals surface area contributed by atoms with Crippen LogP contribution < -0.4 is 11.1 Å². The van der Waals surface area contributed by atoms with Gasteiger partial charge in [-0.1, -0.05) is 20.3 Å². The maximum absolute atomic E-state index is 11.6. The summed E-state index contributed by atoms with van der Waals surface area (Å²) in [5.41, 5.74) is 5.54. The van der Waals surface area contributed by atoms with Crippen LogP contribution in [-0.4, -0.2) is 43.5 Å². The Kier molecular flexibility index (Phi) is 8.21. The quantitative estimate of drug-likeness (QED) is 0.648. The molecule has 0 aliphatic rings. The number of hydrogen-bond acceptors (Lipinski definition) is 3. The van der Waals surface area contributed by atoms with Gasteiger partial charge in [-0.25, -0.2) is 0 Å². The number of carbonyl (C=O) groups is 1. The molecule has 0 heterocycles. The Morgan fingerprint density at radius 1 is 1.44 bits per heavy atom. The number of carbonyl (C=O) groups excluding carboxylic acids is 1. The third kappa shape index (κ3) is 7.65. The van der Waals surface area contributed by atoms with E-state index in [4.69, 9.17) is 5.73 Å². The Bertz CT molecular complexity index is 197. The van der Waals surface area contributed by atoms with Crippen molar-refractivity contribution in [2.24, 2.45) is 11.7 Å². The SMILES string of the molecule is CCCC(C)NC(=O)CN(C)CC(C)CN. The van der Waals surface area contributed by atoms with Gasteiger partial charge in [0.15, 0.2) is 0 Å². The lowest BCUT2D eigenvalue weighted by Gasteiger charge is -2.21. The van der Waals surface area contributed by atoms with Crippen LogP contribution in [0.5, 0.6) is 0 Å². The van der Waals surface area contributed by atoms with Gasteiger partial charge in [0.05, 0.1) is 6.54 Å². The van der Waals surface area contributed by atoms with Crippen molar-refractivity contribution in [2.75, 3.05) is 26.7 Å². The molecule has 0 radical (unpaired) electrons. The molecular weight excluding hydrogens is 202 g/mol. The van der Waals surface area contributed by atoms with E-state index in [1.165, 1.54) is 0 Å². The van der Waals surface area contributed by atoms with E-state index in [1.54, 1.807) is 0 Å². The van der Waals surface area contributed by atoms with Crippen LogP contribution >= 0.6 is 0 Å². The van der Waals surface area contributed by atoms with E-state index in [-0.39, 0.29) is 11.9 Å². The van der Waals surface area contributed by atoms with Gasteiger partial charge in [0.25, 0.3) is 0 Å². The first kappa shape index (κ1) is 15.4. The Morgan fingerprint density at radius 3 is 2.56 bits per heavy atom. The Morgan fingerprint density at radius 2 is 2.06 bits per heavy atom. The predicted octanol–water partition coefficient (Wildman–Crippen LogP) is 0.818. The van der Waals surface area contributed by atoms with Crippen molar-refractivity contribution in [3.05, 3.63) is 0 Å². The van der Waals surface area contributed by atoms with Crippen LogP contribution in [0, 0.1) is 5.92 Å². The van der Waals surface area contributed by atoms with Crippen LogP contribution in [0.25, 0.3) is 0 Å². The standard InChI is InChI=1S/C12H27N3O/c1-5-6-11(3)14-12(16)9-15(4)8-10(2)7-13/h10-11H,5-9,13H2,1-4H3,(H,14,16). The molecule has 0 spiro atoms. The minimum absolute atomic E-state index is 0.104. The summed E-state index contributed by atoms with van der Waals surface area (Å²) in [4.78, 5) is 13.6. The molecule has 0 aromatic heterocycles. The molecule has 4 heteroatoms. The fraction of sp³-hybridized carbons (Fsp3) is 0.917. The highest BCUT2D eigenvalue weighted by molar-refractivity contribution is 5.78. The van der Waals surface area contributed by atoms with Crippen LogP contribution in [0.3, 0.4) is 0 Å². The van der Waals surface area contributed by atoms with E-state index < -0.39 is 0 Å². The lowest BCUT2D eigenvalue weighted by Crippen LogP contribution is -2.41. The lowest BCUT2D eigenvalue weighted by atomic mass is 10.1. The van der Waals surface area contributed by atoms with E-state index in [9.17, 15) is 4.79 Å². The number of nitrogens with two attached hydrogens (primary N) is 1. The fourth-order valence-corrected chi connectivity index (χ4v) is 1.74. The summed E-state index contributed by atoms with van der Waals surface area (Å²) in [6.07, 6.45) is 2.14. The van der Waals surface area contributed by atoms with Crippen molar-refractivity contribution < 1.29 is 4.79 Å². The minimum atomic E-state index is 0.104. The van der Waals surface area contributed by atoms with Crippen LogP contribution in [-0.2, 0) is 4.79 Å². The molecule has 0 aromatic rings. The van der Waals surface area contributed by atoms with Crippen LogP contribution in [0.2, 0.25) is 0 Å². The molecular formula is C12H27N3O. The molecule has 0 saturated heterocycles. The van der Waals surface area contributed by atoms with E-state index in [0.717, 1.165) is 19.4 Å². The second-order valence-electron chi connectivity index (χ2n) is 4.79. The molecule has 0 aliphatic carbocycles. The molecule has 0 bridgehead atoms. The molecule has 0 rings (SSSR count). The summed E-state index contributed by atoms with van der Waals surface area (Å²) in [6, 6.07) is 0.276. The fourth-order valence-electron chi connectivity index (χ4n) is 1.74. The average molecular weight is 229 g/mol. The predicted molar refractivity (Wildman–Crippen MR) is 68.2 cm³/mol. The molecule has 0 aliphatic heterocycles. The normalized spacial score (nSPS) is 14.9. The number of amides is 1. The number of nitrogens with zero attached hydrogens (tertiary/aromatic N) is 1. The van der Waals surface area contributed by atoms with Crippen LogP contribution in [0.15, 0.2) is 0 Å². The molecule has 2 unspecified atom stereocenters. The highest BCUT2D eigenvalue weighted by Gasteiger charge is 2.11. The van der Waals surface area contributed by atoms with Crippen molar-refractivity contribution in [1.82, 2.24) is 10.2 Å². The molecule has 0 aromatic carbocycles. The van der Waals surface area contributed by atoms with Gasteiger partial charge in [-0.2, -0.15) is 0 Å². The van der Waals surface area contributed by atoms with Gasteiger partial charge in [0.2, 0.25) is 5.91 Å². The lowest BCUT2D eigenvalue weighted by molar-refractivity contribution is -0.122. The smallest absolute Gasteiger partial charge is 0.234 e. The summed E-state index contributed by atoms with van der Waals surface area (Å²) in [6.45, 7) is 8.25. The average Bonchev–Trinajstić information content (AvgIpc) is 2.16. The molecule has 16 heavy (non-hydrogen) atoms. The molecule has 1 amide bonds. The summed E-state index contributed by atoms with van der Waals surface area (Å²) >= 11 is 0. The van der Waals surface area contributed by atoms with Crippen molar-refractivity contribution >= 4 is 5.91 Å². The molecule has 96 valence electrons. The first-order chi connectivity index (χ1) is 7.49. The van der Waals surface area contributed by atoms with Gasteiger partial charge in [-0.05, 0) is 32.9 Å². The molecule has 2 atom stereocenters. The number of nitrogens with one attached hydrogen (secondary N) is 1. The molecule has 3 N–H and O–H groups in total. The largest absolute Gasteiger partial charge is 0.353 e. The third-order valence-corrected chi connectivity index (χ3v) is 2.57. The molecule has 4 nitrogen and oxygen atoms in total. The van der Waals surface area contributed by atoms with Gasteiger partial charge in [-0.15, -0.1) is 0 Å². The van der Waals surface area contributed by atoms with E-state index in [2.05, 4.69) is 19.2 Å². The zero-order valence-corrected chi connectivity index (χ0v) is 11.1. The van der Waals surface area contributed by atoms with Crippen molar-refractivity contribution in [3.63, 3.8) is 0 Å². The zero-order chi connectivity index (χ0) is 12.6. The van der Waals surface area contributed by atoms with Crippen LogP contribution in [0.4, 0.5) is 0 Å². The third-order valence-electron chi connectivity index (χ3n) is 2.57. The van der Waals surface area contributed by atoms with Gasteiger partial charge in [0, 0.05) is 12.6 Å². The maximum Gasteiger partial charge on any atom is 0.234 e. The van der Waals surface area contributed by atoms with Crippen molar-refractivity contribution in [3.8, 4) is 0 Å².